The molecule has 5 heteroatoms. The summed E-state index contributed by atoms with van der Waals surface area (Å²) < 4.78 is 1.91. The zero-order valence-electron chi connectivity index (χ0n) is 12.6. The van der Waals surface area contributed by atoms with Crippen molar-refractivity contribution in [2.75, 3.05) is 11.4 Å². The Kier molecular flexibility index (Phi) is 2.64. The molecule has 0 N–H and O–H groups in total. The van der Waals surface area contributed by atoms with E-state index in [9.17, 15) is 0 Å². The molecule has 0 aliphatic carbocycles. The Morgan fingerprint density at radius 1 is 1.14 bits per heavy atom. The fourth-order valence-electron chi connectivity index (χ4n) is 3.41. The summed E-state index contributed by atoms with van der Waals surface area (Å²) in [5, 5.41) is 5.63. The summed E-state index contributed by atoms with van der Waals surface area (Å²) in [4.78, 5) is 11.8. The van der Waals surface area contributed by atoms with Crippen LogP contribution in [0.2, 0.25) is 0 Å². The second kappa shape index (κ2) is 4.41. The monoisotopic (exact) mass is 281 g/mol. The second-order valence-electron chi connectivity index (χ2n) is 6.17. The third kappa shape index (κ3) is 1.87. The summed E-state index contributed by atoms with van der Waals surface area (Å²) >= 11 is 0. The SMILES string of the molecule is Cc1nc2c3ccccc3nc(N3C[C@@H](C)C[C@@H]3C)n2n1. The van der Waals surface area contributed by atoms with Gasteiger partial charge in [0.1, 0.15) is 5.82 Å². The van der Waals surface area contributed by atoms with Gasteiger partial charge >= 0.3 is 0 Å². The Labute approximate surface area is 123 Å². The predicted molar refractivity (Wildman–Crippen MR) is 83.6 cm³/mol. The Bertz CT molecular complexity index is 822. The average Bonchev–Trinajstić information content (AvgIpc) is 3.00. The molecule has 108 valence electrons. The number of anilines is 1. The van der Waals surface area contributed by atoms with Gasteiger partial charge in [-0.25, -0.2) is 9.97 Å². The van der Waals surface area contributed by atoms with Crippen molar-refractivity contribution < 1.29 is 0 Å². The summed E-state index contributed by atoms with van der Waals surface area (Å²) in [6.45, 7) is 7.51. The second-order valence-corrected chi connectivity index (χ2v) is 6.17. The maximum Gasteiger partial charge on any atom is 0.229 e. The van der Waals surface area contributed by atoms with Crippen LogP contribution in [0.5, 0.6) is 0 Å². The average molecular weight is 281 g/mol. The van der Waals surface area contributed by atoms with E-state index in [1.54, 1.807) is 0 Å². The lowest BCUT2D eigenvalue weighted by molar-refractivity contribution is 0.624. The first kappa shape index (κ1) is 12.6. The van der Waals surface area contributed by atoms with Crippen molar-refractivity contribution in [3.05, 3.63) is 30.1 Å². The highest BCUT2D eigenvalue weighted by Crippen LogP contribution is 2.29. The molecule has 0 radical (unpaired) electrons. The molecular weight excluding hydrogens is 262 g/mol. The lowest BCUT2D eigenvalue weighted by Gasteiger charge is -2.23. The van der Waals surface area contributed by atoms with Crippen LogP contribution in [0.25, 0.3) is 16.6 Å². The first-order valence-corrected chi connectivity index (χ1v) is 7.52. The van der Waals surface area contributed by atoms with Crippen LogP contribution in [0, 0.1) is 12.8 Å². The predicted octanol–water partition coefficient (Wildman–Crippen LogP) is 2.82. The maximum absolute atomic E-state index is 4.87. The number of para-hydroxylation sites is 1. The van der Waals surface area contributed by atoms with Gasteiger partial charge in [0.05, 0.1) is 5.52 Å². The Balaban J connectivity index is 2.02. The molecule has 1 aliphatic heterocycles. The topological polar surface area (TPSA) is 46.3 Å². The molecule has 1 fully saturated rings. The molecule has 21 heavy (non-hydrogen) atoms. The number of fused-ring (bicyclic) bond motifs is 3. The third-order valence-electron chi connectivity index (χ3n) is 4.31. The fourth-order valence-corrected chi connectivity index (χ4v) is 3.41. The molecular formula is C16H19N5. The van der Waals surface area contributed by atoms with Crippen LogP contribution < -0.4 is 4.90 Å². The first-order chi connectivity index (χ1) is 10.1. The molecule has 4 rings (SSSR count). The number of benzene rings is 1. The summed E-state index contributed by atoms with van der Waals surface area (Å²) in [5.74, 6) is 2.39. The van der Waals surface area contributed by atoms with Crippen molar-refractivity contribution in [1.29, 1.82) is 0 Å². The summed E-state index contributed by atoms with van der Waals surface area (Å²) in [6.07, 6.45) is 1.20. The quantitative estimate of drug-likeness (QED) is 0.688. The van der Waals surface area contributed by atoms with E-state index >= 15 is 0 Å². The van der Waals surface area contributed by atoms with Crippen LogP contribution in [-0.4, -0.2) is 32.2 Å². The van der Waals surface area contributed by atoms with Crippen molar-refractivity contribution in [3.8, 4) is 0 Å². The van der Waals surface area contributed by atoms with Gasteiger partial charge in [0.25, 0.3) is 0 Å². The number of hydrogen-bond donors (Lipinski definition) is 0. The van der Waals surface area contributed by atoms with E-state index in [1.165, 1.54) is 6.42 Å². The van der Waals surface area contributed by atoms with Gasteiger partial charge in [-0.05, 0) is 38.3 Å². The van der Waals surface area contributed by atoms with Gasteiger partial charge in [-0.2, -0.15) is 4.52 Å². The summed E-state index contributed by atoms with van der Waals surface area (Å²) in [5.41, 5.74) is 1.89. The van der Waals surface area contributed by atoms with E-state index in [0.29, 0.717) is 12.0 Å². The number of aromatic nitrogens is 4. The molecule has 0 spiro atoms. The van der Waals surface area contributed by atoms with E-state index in [-0.39, 0.29) is 0 Å². The Hall–Kier alpha value is -2.17. The van der Waals surface area contributed by atoms with Gasteiger partial charge in [0.2, 0.25) is 5.95 Å². The van der Waals surface area contributed by atoms with Crippen LogP contribution in [0.4, 0.5) is 5.95 Å². The largest absolute Gasteiger partial charge is 0.338 e. The van der Waals surface area contributed by atoms with Gasteiger partial charge in [0.15, 0.2) is 5.65 Å². The minimum atomic E-state index is 0.487. The van der Waals surface area contributed by atoms with Crippen molar-refractivity contribution in [3.63, 3.8) is 0 Å². The summed E-state index contributed by atoms with van der Waals surface area (Å²) in [7, 11) is 0. The molecule has 0 saturated carbocycles. The number of hydrogen-bond acceptors (Lipinski definition) is 4. The molecule has 0 amide bonds. The molecule has 0 unspecified atom stereocenters. The summed E-state index contributed by atoms with van der Waals surface area (Å²) in [6, 6.07) is 8.64. The van der Waals surface area contributed by atoms with Gasteiger partial charge in [-0.15, -0.1) is 5.10 Å². The minimum absolute atomic E-state index is 0.487. The molecule has 1 aliphatic rings. The fraction of sp³-hybridized carbons (Fsp3) is 0.438. The van der Waals surface area contributed by atoms with Gasteiger partial charge in [-0.3, -0.25) is 0 Å². The highest BCUT2D eigenvalue weighted by Gasteiger charge is 2.29. The lowest BCUT2D eigenvalue weighted by atomic mass is 10.1. The van der Waals surface area contributed by atoms with Crippen molar-refractivity contribution >= 4 is 22.5 Å². The van der Waals surface area contributed by atoms with E-state index in [4.69, 9.17) is 4.98 Å². The van der Waals surface area contributed by atoms with Gasteiger partial charge < -0.3 is 4.90 Å². The van der Waals surface area contributed by atoms with Crippen LogP contribution >= 0.6 is 0 Å². The maximum atomic E-state index is 4.87. The van der Waals surface area contributed by atoms with E-state index < -0.39 is 0 Å². The third-order valence-corrected chi connectivity index (χ3v) is 4.31. The van der Waals surface area contributed by atoms with E-state index in [2.05, 4.69) is 34.9 Å². The molecule has 1 saturated heterocycles. The van der Waals surface area contributed by atoms with Crippen LogP contribution in [0.1, 0.15) is 26.1 Å². The molecule has 3 heterocycles. The molecule has 1 aromatic carbocycles. The van der Waals surface area contributed by atoms with Crippen LogP contribution in [0.3, 0.4) is 0 Å². The van der Waals surface area contributed by atoms with Crippen LogP contribution in [-0.2, 0) is 0 Å². The number of aryl methyl sites for hydroxylation is 1. The van der Waals surface area contributed by atoms with Crippen molar-refractivity contribution in [2.45, 2.75) is 33.2 Å². The zero-order chi connectivity index (χ0) is 14.6. The first-order valence-electron chi connectivity index (χ1n) is 7.52. The van der Waals surface area contributed by atoms with Gasteiger partial charge in [0, 0.05) is 18.0 Å². The van der Waals surface area contributed by atoms with Crippen molar-refractivity contribution in [1.82, 2.24) is 19.6 Å². The Morgan fingerprint density at radius 3 is 2.71 bits per heavy atom. The minimum Gasteiger partial charge on any atom is -0.338 e. The normalized spacial score (nSPS) is 22.5. The molecule has 2 atom stereocenters. The Morgan fingerprint density at radius 2 is 1.95 bits per heavy atom. The molecule has 2 aromatic heterocycles. The zero-order valence-corrected chi connectivity index (χ0v) is 12.6. The number of rotatable bonds is 1. The molecule has 0 bridgehead atoms. The molecule has 5 nitrogen and oxygen atoms in total. The van der Waals surface area contributed by atoms with Gasteiger partial charge in [-0.1, -0.05) is 19.1 Å². The van der Waals surface area contributed by atoms with E-state index in [0.717, 1.165) is 34.9 Å². The van der Waals surface area contributed by atoms with Crippen molar-refractivity contribution in [2.24, 2.45) is 5.92 Å². The number of nitrogens with zero attached hydrogens (tertiary/aromatic N) is 5. The highest BCUT2D eigenvalue weighted by molar-refractivity contribution is 5.92. The smallest absolute Gasteiger partial charge is 0.229 e. The highest BCUT2D eigenvalue weighted by atomic mass is 15.4. The lowest BCUT2D eigenvalue weighted by Crippen LogP contribution is -2.30. The molecule has 3 aromatic rings. The van der Waals surface area contributed by atoms with E-state index in [1.807, 2.05) is 29.6 Å². The van der Waals surface area contributed by atoms with Crippen LogP contribution in [0.15, 0.2) is 24.3 Å². The standard InChI is InChI=1S/C16H19N5/c1-10-8-11(2)20(9-10)16-18-14-7-5-4-6-13(14)15-17-12(3)19-21(15)16/h4-7,10-11H,8-9H2,1-3H3/t10-,11-/m0/s1.